The van der Waals surface area contributed by atoms with Gasteiger partial charge in [-0.1, -0.05) is 17.7 Å². The second kappa shape index (κ2) is 7.35. The van der Waals surface area contributed by atoms with E-state index in [9.17, 15) is 4.79 Å². The molecule has 0 N–H and O–H groups in total. The number of methoxy groups -OCH3 is 2. The van der Waals surface area contributed by atoms with E-state index in [0.717, 1.165) is 25.2 Å². The fourth-order valence-electron chi connectivity index (χ4n) is 3.40. The van der Waals surface area contributed by atoms with Gasteiger partial charge in [-0.15, -0.1) is 0 Å². The van der Waals surface area contributed by atoms with Crippen molar-refractivity contribution in [3.63, 3.8) is 0 Å². The molecule has 0 aliphatic carbocycles. The van der Waals surface area contributed by atoms with E-state index in [1.165, 1.54) is 5.57 Å². The maximum absolute atomic E-state index is 12.3. The molecule has 2 fully saturated rings. The number of hydrogen-bond acceptors (Lipinski definition) is 5. The van der Waals surface area contributed by atoms with Crippen molar-refractivity contribution in [3.05, 3.63) is 35.4 Å². The van der Waals surface area contributed by atoms with Crippen LogP contribution in [0.3, 0.4) is 0 Å². The minimum absolute atomic E-state index is 0.0433. The standard InChI is InChI=1S/C19H26N2O4/c1-13(2)7-8-20-11-15-18(12-20)25-19(22)21(15)10-14-5-6-16(23-3)17(9-14)24-4/h5-7,9,15,18H,8,10-12H2,1-4H3/t15-,18+/m0/s1. The van der Waals surface area contributed by atoms with Crippen LogP contribution in [-0.2, 0) is 11.3 Å². The summed E-state index contributed by atoms with van der Waals surface area (Å²) in [7, 11) is 3.22. The Hall–Kier alpha value is -2.21. The Morgan fingerprint density at radius 3 is 2.68 bits per heavy atom. The Labute approximate surface area is 148 Å². The number of ether oxygens (including phenoxy) is 3. The van der Waals surface area contributed by atoms with Crippen molar-refractivity contribution in [1.29, 1.82) is 0 Å². The van der Waals surface area contributed by atoms with E-state index >= 15 is 0 Å². The van der Waals surface area contributed by atoms with Gasteiger partial charge in [-0.25, -0.2) is 4.79 Å². The average molecular weight is 346 g/mol. The summed E-state index contributed by atoms with van der Waals surface area (Å²) in [5, 5.41) is 0. The van der Waals surface area contributed by atoms with Gasteiger partial charge in [0.05, 0.1) is 20.3 Å². The van der Waals surface area contributed by atoms with E-state index in [1.807, 2.05) is 23.1 Å². The van der Waals surface area contributed by atoms with Crippen LogP contribution in [0, 0.1) is 0 Å². The number of carbonyl (C=O) groups is 1. The van der Waals surface area contributed by atoms with Crippen LogP contribution in [0.15, 0.2) is 29.8 Å². The Morgan fingerprint density at radius 1 is 1.24 bits per heavy atom. The molecule has 2 heterocycles. The van der Waals surface area contributed by atoms with E-state index in [1.54, 1.807) is 14.2 Å². The highest BCUT2D eigenvalue weighted by Crippen LogP contribution is 2.31. The van der Waals surface area contributed by atoms with Crippen LogP contribution in [0.25, 0.3) is 0 Å². The number of benzene rings is 1. The van der Waals surface area contributed by atoms with E-state index in [0.29, 0.717) is 18.0 Å². The van der Waals surface area contributed by atoms with Crippen LogP contribution in [-0.4, -0.2) is 61.9 Å². The van der Waals surface area contributed by atoms with Crippen molar-refractivity contribution in [2.45, 2.75) is 32.5 Å². The molecule has 2 saturated heterocycles. The first-order valence-corrected chi connectivity index (χ1v) is 8.55. The number of rotatable bonds is 6. The number of amides is 1. The first-order valence-electron chi connectivity index (χ1n) is 8.55. The molecule has 6 heteroatoms. The van der Waals surface area contributed by atoms with Crippen molar-refractivity contribution in [2.75, 3.05) is 33.9 Å². The molecule has 0 saturated carbocycles. The Morgan fingerprint density at radius 2 is 2.00 bits per heavy atom. The fraction of sp³-hybridized carbons (Fsp3) is 0.526. The highest BCUT2D eigenvalue weighted by atomic mass is 16.6. The molecule has 3 rings (SSSR count). The number of fused-ring (bicyclic) bond motifs is 1. The molecular formula is C19H26N2O4. The van der Waals surface area contributed by atoms with Crippen LogP contribution in [0.1, 0.15) is 19.4 Å². The van der Waals surface area contributed by atoms with Gasteiger partial charge in [-0.05, 0) is 31.5 Å². The van der Waals surface area contributed by atoms with Gasteiger partial charge in [0.15, 0.2) is 11.5 Å². The lowest BCUT2D eigenvalue weighted by Gasteiger charge is -2.22. The fourth-order valence-corrected chi connectivity index (χ4v) is 3.40. The predicted molar refractivity (Wildman–Crippen MR) is 95.0 cm³/mol. The van der Waals surface area contributed by atoms with Gasteiger partial charge in [0.1, 0.15) is 6.10 Å². The third-order valence-electron chi connectivity index (χ3n) is 4.76. The number of nitrogens with zero attached hydrogens (tertiary/aromatic N) is 2. The first kappa shape index (κ1) is 17.6. The number of carbonyl (C=O) groups excluding carboxylic acids is 1. The summed E-state index contributed by atoms with van der Waals surface area (Å²) < 4.78 is 16.2. The topological polar surface area (TPSA) is 51.2 Å². The monoisotopic (exact) mass is 346 g/mol. The molecule has 0 aromatic heterocycles. The van der Waals surface area contributed by atoms with Crippen molar-refractivity contribution in [3.8, 4) is 11.5 Å². The van der Waals surface area contributed by atoms with Crippen molar-refractivity contribution >= 4 is 6.09 Å². The molecule has 0 unspecified atom stereocenters. The summed E-state index contributed by atoms with van der Waals surface area (Å²) >= 11 is 0. The predicted octanol–water partition coefficient (Wildman–Crippen LogP) is 2.68. The number of likely N-dealkylation sites (tertiary alicyclic amines) is 1. The average Bonchev–Trinajstić information content (AvgIpc) is 3.11. The number of allylic oxidation sites excluding steroid dienone is 1. The molecule has 1 amide bonds. The quantitative estimate of drug-likeness (QED) is 0.741. The largest absolute Gasteiger partial charge is 0.493 e. The molecule has 0 bridgehead atoms. The lowest BCUT2D eigenvalue weighted by molar-refractivity contribution is 0.122. The lowest BCUT2D eigenvalue weighted by atomic mass is 10.1. The summed E-state index contributed by atoms with van der Waals surface area (Å²) in [5.41, 5.74) is 2.30. The first-order chi connectivity index (χ1) is 12.0. The highest BCUT2D eigenvalue weighted by molar-refractivity contribution is 5.71. The van der Waals surface area contributed by atoms with Gasteiger partial charge in [0.25, 0.3) is 0 Å². The molecule has 2 aliphatic rings. The van der Waals surface area contributed by atoms with Gasteiger partial charge in [-0.2, -0.15) is 0 Å². The van der Waals surface area contributed by atoms with Crippen LogP contribution in [0.4, 0.5) is 4.79 Å². The van der Waals surface area contributed by atoms with Gasteiger partial charge in [-0.3, -0.25) is 9.80 Å². The lowest BCUT2D eigenvalue weighted by Crippen LogP contribution is -2.37. The zero-order valence-corrected chi connectivity index (χ0v) is 15.3. The SMILES string of the molecule is COc1ccc(CN2C(=O)O[C@@H]3CN(CC=C(C)C)C[C@@H]32)cc1OC. The van der Waals surface area contributed by atoms with E-state index in [2.05, 4.69) is 24.8 Å². The second-order valence-electron chi connectivity index (χ2n) is 6.81. The maximum Gasteiger partial charge on any atom is 0.410 e. The molecule has 136 valence electrons. The summed E-state index contributed by atoms with van der Waals surface area (Å²) in [6.45, 7) is 7.24. The summed E-state index contributed by atoms with van der Waals surface area (Å²) in [4.78, 5) is 16.4. The van der Waals surface area contributed by atoms with Crippen LogP contribution in [0.2, 0.25) is 0 Å². The van der Waals surface area contributed by atoms with Crippen LogP contribution < -0.4 is 9.47 Å². The van der Waals surface area contributed by atoms with Crippen molar-refractivity contribution in [2.24, 2.45) is 0 Å². The molecule has 6 nitrogen and oxygen atoms in total. The van der Waals surface area contributed by atoms with Crippen molar-refractivity contribution < 1.29 is 19.0 Å². The molecule has 1 aromatic rings. The summed E-state index contributed by atoms with van der Waals surface area (Å²) in [6, 6.07) is 5.84. The van der Waals surface area contributed by atoms with Crippen LogP contribution in [0.5, 0.6) is 11.5 Å². The molecule has 2 aliphatic heterocycles. The third kappa shape index (κ3) is 3.74. The van der Waals surface area contributed by atoms with Gasteiger partial charge in [0, 0.05) is 26.2 Å². The molecular weight excluding hydrogens is 320 g/mol. The molecule has 25 heavy (non-hydrogen) atoms. The zero-order chi connectivity index (χ0) is 18.0. The Balaban J connectivity index is 1.70. The summed E-state index contributed by atoms with van der Waals surface area (Å²) in [6.07, 6.45) is 1.94. The third-order valence-corrected chi connectivity index (χ3v) is 4.76. The minimum atomic E-state index is -0.230. The minimum Gasteiger partial charge on any atom is -0.493 e. The maximum atomic E-state index is 12.3. The van der Waals surface area contributed by atoms with E-state index in [4.69, 9.17) is 14.2 Å². The number of hydrogen-bond donors (Lipinski definition) is 0. The van der Waals surface area contributed by atoms with Gasteiger partial charge >= 0.3 is 6.09 Å². The van der Waals surface area contributed by atoms with Gasteiger partial charge < -0.3 is 14.2 Å². The van der Waals surface area contributed by atoms with Crippen LogP contribution >= 0.6 is 0 Å². The van der Waals surface area contributed by atoms with Gasteiger partial charge in [0.2, 0.25) is 0 Å². The Bertz CT molecular complexity index is 669. The zero-order valence-electron chi connectivity index (χ0n) is 15.3. The van der Waals surface area contributed by atoms with E-state index in [-0.39, 0.29) is 18.2 Å². The molecule has 0 spiro atoms. The second-order valence-corrected chi connectivity index (χ2v) is 6.81. The Kier molecular flexibility index (Phi) is 5.18. The summed E-state index contributed by atoms with van der Waals surface area (Å²) in [5.74, 6) is 1.35. The molecule has 0 radical (unpaired) electrons. The van der Waals surface area contributed by atoms with Crippen molar-refractivity contribution in [1.82, 2.24) is 9.80 Å². The highest BCUT2D eigenvalue weighted by Gasteiger charge is 2.47. The molecule has 1 aromatic carbocycles. The smallest absolute Gasteiger partial charge is 0.410 e. The van der Waals surface area contributed by atoms with E-state index < -0.39 is 0 Å². The normalized spacial score (nSPS) is 22.6. The molecule has 2 atom stereocenters.